The van der Waals surface area contributed by atoms with Crippen LogP contribution in [0.4, 0.5) is 21.5 Å². The molecule has 6 unspecified atom stereocenters. The maximum absolute atomic E-state index is 13.1. The first kappa shape index (κ1) is 77.3. The van der Waals surface area contributed by atoms with Gasteiger partial charge in [-0.3, -0.25) is 32.9 Å². The number of nitrogens with one attached hydrogen (secondary N) is 4. The number of anilines is 3. The third-order valence-corrected chi connectivity index (χ3v) is 18.0. The number of nitrogens with zero attached hydrogens (tertiary/aromatic N) is 11. The van der Waals surface area contributed by atoms with E-state index in [1.54, 1.807) is 79.5 Å². The number of halogens is 1. The van der Waals surface area contributed by atoms with Gasteiger partial charge < -0.3 is 120 Å². The van der Waals surface area contributed by atoms with E-state index in [0.717, 1.165) is 6.42 Å². The van der Waals surface area contributed by atoms with Gasteiger partial charge in [0.1, 0.15) is 107 Å². The van der Waals surface area contributed by atoms with Crippen molar-refractivity contribution in [1.29, 1.82) is 0 Å². The van der Waals surface area contributed by atoms with Gasteiger partial charge in [-0.2, -0.15) is 0 Å². The number of nitrogens with two attached hydrogens (primary N) is 6. The molecular formula is C67H86FN21O16. The van der Waals surface area contributed by atoms with Crippen LogP contribution in [-0.4, -0.2) is 237 Å². The molecule has 0 bridgehead atoms. The highest BCUT2D eigenvalue weighted by Gasteiger charge is 2.50. The molecule has 4 amide bonds. The van der Waals surface area contributed by atoms with E-state index in [4.69, 9.17) is 53.3 Å². The van der Waals surface area contributed by atoms with Gasteiger partial charge in [0.15, 0.2) is 41.9 Å². The predicted molar refractivity (Wildman–Crippen MR) is 375 cm³/mol. The van der Waals surface area contributed by atoms with Crippen molar-refractivity contribution < 1.29 is 83.4 Å². The lowest BCUT2D eigenvalue weighted by atomic mass is 10.0. The van der Waals surface area contributed by atoms with Crippen molar-refractivity contribution in [2.45, 2.75) is 144 Å². The largest absolute Gasteiger partial charge is 0.397 e. The van der Waals surface area contributed by atoms with Gasteiger partial charge in [0.05, 0.1) is 74.6 Å². The van der Waals surface area contributed by atoms with Crippen molar-refractivity contribution in [2.24, 2.45) is 28.1 Å². The molecule has 8 aromatic rings. The molecule has 562 valence electrons. The van der Waals surface area contributed by atoms with Crippen molar-refractivity contribution in [3.05, 3.63) is 152 Å². The second-order valence-corrected chi connectivity index (χ2v) is 25.4. The minimum absolute atomic E-state index is 0.0721. The number of imidazole rings is 3. The zero-order valence-corrected chi connectivity index (χ0v) is 57.1. The minimum atomic E-state index is -1.18. The summed E-state index contributed by atoms with van der Waals surface area (Å²) in [4.78, 5) is 80.8. The third-order valence-electron chi connectivity index (χ3n) is 18.0. The van der Waals surface area contributed by atoms with Crippen molar-refractivity contribution in [3.8, 4) is 0 Å². The number of aromatic nitrogens is 9. The zero-order valence-electron chi connectivity index (χ0n) is 57.1. The fraction of sp³-hybridized carbons (Fsp3) is 0.418. The van der Waals surface area contributed by atoms with Crippen molar-refractivity contribution in [3.63, 3.8) is 0 Å². The Labute approximate surface area is 598 Å². The second kappa shape index (κ2) is 34.1. The predicted octanol–water partition coefficient (Wildman–Crippen LogP) is -2.67. The number of aliphatic hydroxyl groups excluding tert-OH is 8. The molecule has 0 aliphatic carbocycles. The standard InChI is InChI=1S/C18H18FN5O4.C18H19N5O4.C16H24N6O4.C15H25N5O4/c19-10-3-1-9(2-4-10)17(27)23-14-15(26)12(7-25)28-18(14)24-8-22-13-11(20)5-6-21-16(13)24;19-11-6-7-20-16-13(11)21-9-23(16)18-14(15(25)12(8-24)27-18)22-17(26)10-4-2-1-3-5-10;1-7(2)10(18)15(25)21-12-13(24)9(5-23)26-16(12)22-6-20-11-8(17)3-4-19-14(11)22;1-3-4-9(16)14(23)19-12-13(22)10(7-21)24-15(12)20-6-5-11(17)18-8(20)2/h1-6,8,12,14-15,18,25-26H,7H2,(H2,20,21)(H,23,27);1-7,9,12,14-15,18,24-25H,8H2,(H2,19,20)(H,22,26);3-4,6-7,9-10,12-13,16,23-24H,5,18H2,1-2H3,(H2,17,19)(H,21,25);5-6,9-10,12-13,15,21-22H,2-4,7,16H2,1H3,(H2,17,18)(H,19,23)/t2*12-,14+,15?,18-;9-,10?,12+,13?,16-;9?,10-,12+,13?,15-/m1111/s1. The van der Waals surface area contributed by atoms with E-state index in [9.17, 15) is 64.4 Å². The van der Waals surface area contributed by atoms with E-state index in [0.29, 0.717) is 74.2 Å². The Morgan fingerprint density at radius 3 is 1.29 bits per heavy atom. The van der Waals surface area contributed by atoms with Crippen LogP contribution in [0.15, 0.2) is 140 Å². The molecule has 0 saturated carbocycles. The lowest BCUT2D eigenvalue weighted by Crippen LogP contribution is -2.55. The molecule has 38 heteroatoms. The van der Waals surface area contributed by atoms with E-state index in [2.05, 4.69) is 62.7 Å². The Balaban J connectivity index is 0.000000150. The van der Waals surface area contributed by atoms with Crippen LogP contribution in [0.5, 0.6) is 0 Å². The number of nitrogen functional groups attached to an aromatic ring is 3. The lowest BCUT2D eigenvalue weighted by Gasteiger charge is -2.33. The zero-order chi connectivity index (χ0) is 75.7. The van der Waals surface area contributed by atoms with Gasteiger partial charge in [0.25, 0.3) is 11.8 Å². The van der Waals surface area contributed by atoms with Crippen molar-refractivity contribution in [1.82, 2.24) is 69.8 Å². The smallest absolute Gasteiger partial charge is 0.251 e. The summed E-state index contributed by atoms with van der Waals surface area (Å²) in [6, 6.07) is 13.8. The molecule has 2 aromatic carbocycles. The number of benzene rings is 2. The average molecular weight is 1460 g/mol. The number of aliphatic imine (C=N–C) groups is 1. The molecule has 13 rings (SSSR count). The molecule has 0 spiro atoms. The van der Waals surface area contributed by atoms with Crippen LogP contribution in [0.1, 0.15) is 73.0 Å². The fourth-order valence-electron chi connectivity index (χ4n) is 12.2. The summed E-state index contributed by atoms with van der Waals surface area (Å²) in [6.07, 6.45) is 2.21. The minimum Gasteiger partial charge on any atom is -0.397 e. The topological polar surface area (TPSA) is 579 Å². The maximum Gasteiger partial charge on any atom is 0.251 e. The first-order chi connectivity index (χ1) is 50.3. The summed E-state index contributed by atoms with van der Waals surface area (Å²) in [5.74, 6) is -1.61. The number of aliphatic hydroxyl groups is 8. The number of ether oxygens (including phenoxy) is 4. The molecule has 4 fully saturated rings. The van der Waals surface area contributed by atoms with Crippen LogP contribution in [0.25, 0.3) is 33.5 Å². The number of amides is 4. The van der Waals surface area contributed by atoms with E-state index in [-0.39, 0.29) is 29.9 Å². The highest BCUT2D eigenvalue weighted by Crippen LogP contribution is 2.37. The van der Waals surface area contributed by atoms with Crippen LogP contribution < -0.4 is 55.7 Å². The summed E-state index contributed by atoms with van der Waals surface area (Å²) < 4.78 is 40.8. The Hall–Kier alpha value is -10.3. The van der Waals surface area contributed by atoms with E-state index < -0.39 is 147 Å². The van der Waals surface area contributed by atoms with Crippen LogP contribution in [0, 0.1) is 11.7 Å². The lowest BCUT2D eigenvalue weighted by molar-refractivity contribution is -0.125. The first-order valence-corrected chi connectivity index (χ1v) is 33.4. The van der Waals surface area contributed by atoms with E-state index in [1.165, 1.54) is 55.6 Å². The van der Waals surface area contributed by atoms with Gasteiger partial charge in [-0.25, -0.2) is 39.3 Å². The Morgan fingerprint density at radius 2 is 0.905 bits per heavy atom. The molecular weight excluding hydrogens is 1370 g/mol. The van der Waals surface area contributed by atoms with Crippen molar-refractivity contribution >= 4 is 80.0 Å². The number of carbonyl (C=O) groups is 4. The monoisotopic (exact) mass is 1460 g/mol. The second-order valence-electron chi connectivity index (χ2n) is 25.4. The van der Waals surface area contributed by atoms with E-state index >= 15 is 0 Å². The quantitative estimate of drug-likeness (QED) is 0.0393. The molecule has 6 aromatic heterocycles. The highest BCUT2D eigenvalue weighted by atomic mass is 19.1. The normalized spacial score (nSPS) is 26.8. The Morgan fingerprint density at radius 1 is 0.533 bits per heavy atom. The molecule has 5 aliphatic rings. The molecule has 4 saturated heterocycles. The molecule has 0 radical (unpaired) electrons. The third kappa shape index (κ3) is 16.8. The van der Waals surface area contributed by atoms with Gasteiger partial charge in [0.2, 0.25) is 11.8 Å². The van der Waals surface area contributed by atoms with Crippen LogP contribution >= 0.6 is 0 Å². The first-order valence-electron chi connectivity index (χ1n) is 33.4. The van der Waals surface area contributed by atoms with Gasteiger partial charge in [-0.1, -0.05) is 52.0 Å². The SMILES string of the molecule is C=C1N=C(N)C=CN1[C@@H]1O[C@H](CO)C(O)[C@@H]1NC(=O)C(N)CCC.CC(C)C(N)C(=O)N[C@H]1C(O)[C@@H](CO)O[C@H]1n1cnc2c(N)ccnc21.Nc1ccnc2c1ncn2[C@@H]1O[C@H](CO)C(O)[C@@H]1NC(=O)c1ccc(F)cc1.Nc1ccnc2c1ncn2[C@@H]1O[C@H](CO)C(O)[C@@H]1NC(=O)c1ccccc1. The van der Waals surface area contributed by atoms with Gasteiger partial charge in [0, 0.05) is 35.9 Å². The Kier molecular flexibility index (Phi) is 25.1. The molecule has 11 heterocycles. The van der Waals surface area contributed by atoms with Gasteiger partial charge >= 0.3 is 0 Å². The fourth-order valence-corrected chi connectivity index (χ4v) is 12.2. The number of pyridine rings is 3. The highest BCUT2D eigenvalue weighted by molar-refractivity contribution is 5.95. The molecule has 18 atom stereocenters. The van der Waals surface area contributed by atoms with Gasteiger partial charge in [-0.05, 0) is 73.0 Å². The van der Waals surface area contributed by atoms with Crippen molar-refractivity contribution in [2.75, 3.05) is 43.6 Å². The number of fused-ring (bicyclic) bond motifs is 3. The van der Waals surface area contributed by atoms with Crippen LogP contribution in [0.3, 0.4) is 0 Å². The Bertz CT molecular complexity index is 4400. The van der Waals surface area contributed by atoms with Gasteiger partial charge in [-0.15, -0.1) is 0 Å². The summed E-state index contributed by atoms with van der Waals surface area (Å²) in [5.41, 5.74) is 39.8. The summed E-state index contributed by atoms with van der Waals surface area (Å²) in [5, 5.41) is 90.8. The molecule has 5 aliphatic heterocycles. The van der Waals surface area contributed by atoms with Crippen LogP contribution in [-0.2, 0) is 28.5 Å². The summed E-state index contributed by atoms with van der Waals surface area (Å²) in [7, 11) is 0. The number of amidine groups is 1. The number of carbonyl (C=O) groups excluding carboxylic acids is 4. The molecule has 105 heavy (non-hydrogen) atoms. The maximum atomic E-state index is 13.1. The van der Waals surface area contributed by atoms with Crippen LogP contribution in [0.2, 0.25) is 0 Å². The van der Waals surface area contributed by atoms with E-state index in [1.807, 2.05) is 26.8 Å². The molecule has 24 N–H and O–H groups in total. The number of hydrogen-bond acceptors (Lipinski definition) is 30. The average Bonchev–Trinajstić information content (AvgIpc) is 1.65. The summed E-state index contributed by atoms with van der Waals surface area (Å²) >= 11 is 0. The number of rotatable bonds is 19. The molecule has 37 nitrogen and oxygen atoms in total. The number of hydrogen-bond donors (Lipinski definition) is 18. The summed E-state index contributed by atoms with van der Waals surface area (Å²) in [6.45, 7) is 7.75.